The second kappa shape index (κ2) is 3.70. The zero-order valence-electron chi connectivity index (χ0n) is 8.68. The first-order chi connectivity index (χ1) is 7.79. The first-order valence-corrected chi connectivity index (χ1v) is 5.40. The fourth-order valence-electron chi connectivity index (χ4n) is 1.82. The molecule has 0 saturated carbocycles. The van der Waals surface area contributed by atoms with Crippen molar-refractivity contribution in [1.29, 1.82) is 0 Å². The number of methoxy groups -OCH3 is 1. The molecule has 4 heteroatoms. The number of hydrogen-bond acceptors (Lipinski definition) is 3. The van der Waals surface area contributed by atoms with E-state index in [9.17, 15) is 0 Å². The highest BCUT2D eigenvalue weighted by molar-refractivity contribution is 6.35. The predicted octanol–water partition coefficient (Wildman–Crippen LogP) is 2.93. The normalized spacial score (nSPS) is 23.6. The van der Waals surface area contributed by atoms with Gasteiger partial charge in [0.1, 0.15) is 6.10 Å². The summed E-state index contributed by atoms with van der Waals surface area (Å²) in [7, 11) is 1.64. The van der Waals surface area contributed by atoms with Gasteiger partial charge < -0.3 is 9.47 Å². The Morgan fingerprint density at radius 2 is 2.25 bits per heavy atom. The van der Waals surface area contributed by atoms with Crippen LogP contribution in [0.4, 0.5) is 0 Å². The van der Waals surface area contributed by atoms with E-state index in [1.54, 1.807) is 19.4 Å². The Bertz CT molecular complexity index is 544. The summed E-state index contributed by atoms with van der Waals surface area (Å²) in [5.74, 6) is 0. The molecule has 3 nitrogen and oxygen atoms in total. The van der Waals surface area contributed by atoms with Crippen LogP contribution in [0.3, 0.4) is 0 Å². The van der Waals surface area contributed by atoms with Crippen LogP contribution >= 0.6 is 11.6 Å². The van der Waals surface area contributed by atoms with Crippen LogP contribution in [-0.2, 0) is 9.47 Å². The average Bonchev–Trinajstić information content (AvgIpc) is 3.08. The highest BCUT2D eigenvalue weighted by Crippen LogP contribution is 2.40. The van der Waals surface area contributed by atoms with Gasteiger partial charge in [-0.25, -0.2) is 0 Å². The topological polar surface area (TPSA) is 34.6 Å². The van der Waals surface area contributed by atoms with Crippen LogP contribution in [0, 0.1) is 0 Å². The number of epoxide rings is 1. The molecule has 0 N–H and O–H groups in total. The lowest BCUT2D eigenvalue weighted by Gasteiger charge is -2.01. The number of fused-ring (bicyclic) bond motifs is 1. The van der Waals surface area contributed by atoms with Gasteiger partial charge >= 0.3 is 0 Å². The Kier molecular flexibility index (Phi) is 2.32. The number of hydrogen-bond donors (Lipinski definition) is 0. The van der Waals surface area contributed by atoms with E-state index in [0.29, 0.717) is 5.02 Å². The molecule has 82 valence electrons. The first-order valence-electron chi connectivity index (χ1n) is 5.02. The first kappa shape index (κ1) is 10.0. The second-order valence-corrected chi connectivity index (χ2v) is 4.14. The minimum atomic E-state index is -0.118. The number of benzene rings is 1. The summed E-state index contributed by atoms with van der Waals surface area (Å²) in [4.78, 5) is 4.25. The van der Waals surface area contributed by atoms with Crippen molar-refractivity contribution in [3.8, 4) is 0 Å². The van der Waals surface area contributed by atoms with Gasteiger partial charge in [-0.15, -0.1) is 0 Å². The number of rotatable bonds is 2. The Hall–Kier alpha value is -1.16. The average molecular weight is 236 g/mol. The summed E-state index contributed by atoms with van der Waals surface area (Å²) in [5.41, 5.74) is 1.97. The van der Waals surface area contributed by atoms with Gasteiger partial charge in [-0.1, -0.05) is 17.7 Å². The van der Waals surface area contributed by atoms with Crippen LogP contribution in [0.15, 0.2) is 30.5 Å². The van der Waals surface area contributed by atoms with Crippen molar-refractivity contribution in [3.63, 3.8) is 0 Å². The minimum absolute atomic E-state index is 0.0330. The van der Waals surface area contributed by atoms with E-state index in [1.165, 1.54) is 0 Å². The molecule has 1 aliphatic heterocycles. The number of aromatic nitrogens is 1. The summed E-state index contributed by atoms with van der Waals surface area (Å²) < 4.78 is 10.5. The van der Waals surface area contributed by atoms with Gasteiger partial charge in [-0.3, -0.25) is 4.98 Å². The smallest absolute Gasteiger partial charge is 0.188 e. The zero-order chi connectivity index (χ0) is 11.1. The molecule has 1 aromatic carbocycles. The Morgan fingerprint density at radius 3 is 3.00 bits per heavy atom. The second-order valence-electron chi connectivity index (χ2n) is 3.73. The van der Waals surface area contributed by atoms with E-state index in [1.807, 2.05) is 18.2 Å². The third-order valence-electron chi connectivity index (χ3n) is 2.72. The molecule has 2 heterocycles. The molecule has 0 radical (unpaired) electrons. The van der Waals surface area contributed by atoms with Crippen molar-refractivity contribution in [2.45, 2.75) is 12.4 Å². The predicted molar refractivity (Wildman–Crippen MR) is 61.4 cm³/mol. The van der Waals surface area contributed by atoms with Crippen LogP contribution in [0.5, 0.6) is 0 Å². The lowest BCUT2D eigenvalue weighted by Crippen LogP contribution is -1.91. The fraction of sp³-hybridized carbons (Fsp3) is 0.250. The van der Waals surface area contributed by atoms with E-state index >= 15 is 0 Å². The van der Waals surface area contributed by atoms with E-state index in [0.717, 1.165) is 16.5 Å². The molecular formula is C12H10ClNO2. The van der Waals surface area contributed by atoms with E-state index in [4.69, 9.17) is 21.1 Å². The fourth-order valence-corrected chi connectivity index (χ4v) is 2.03. The van der Waals surface area contributed by atoms with E-state index < -0.39 is 0 Å². The highest BCUT2D eigenvalue weighted by atomic mass is 35.5. The third kappa shape index (κ3) is 1.57. The molecule has 2 atom stereocenters. The molecule has 1 fully saturated rings. The molecule has 0 spiro atoms. The van der Waals surface area contributed by atoms with Crippen molar-refractivity contribution in [2.24, 2.45) is 0 Å². The molecule has 0 bridgehead atoms. The molecule has 1 aliphatic rings. The van der Waals surface area contributed by atoms with Gasteiger partial charge in [0.05, 0.1) is 10.5 Å². The van der Waals surface area contributed by atoms with Crippen LogP contribution < -0.4 is 0 Å². The maximum Gasteiger partial charge on any atom is 0.188 e. The molecule has 16 heavy (non-hydrogen) atoms. The van der Waals surface area contributed by atoms with Crippen molar-refractivity contribution < 1.29 is 9.47 Å². The number of ether oxygens (including phenoxy) is 2. The van der Waals surface area contributed by atoms with Gasteiger partial charge in [-0.2, -0.15) is 0 Å². The van der Waals surface area contributed by atoms with Crippen molar-refractivity contribution in [1.82, 2.24) is 4.98 Å². The molecule has 0 amide bonds. The lowest BCUT2D eigenvalue weighted by molar-refractivity contribution is 0.0950. The van der Waals surface area contributed by atoms with Crippen LogP contribution in [-0.4, -0.2) is 18.4 Å². The lowest BCUT2D eigenvalue weighted by atomic mass is 10.1. The monoisotopic (exact) mass is 235 g/mol. The maximum atomic E-state index is 6.11. The summed E-state index contributed by atoms with van der Waals surface area (Å²) in [6.45, 7) is 0. The summed E-state index contributed by atoms with van der Waals surface area (Å²) in [5, 5.41) is 1.66. The number of pyridine rings is 1. The molecule has 1 saturated heterocycles. The number of nitrogens with zero attached hydrogens (tertiary/aromatic N) is 1. The van der Waals surface area contributed by atoms with Crippen molar-refractivity contribution in [2.75, 3.05) is 7.11 Å². The Labute approximate surface area is 98.0 Å². The van der Waals surface area contributed by atoms with Crippen LogP contribution in [0.1, 0.15) is 11.7 Å². The van der Waals surface area contributed by atoms with Gasteiger partial charge in [0, 0.05) is 18.7 Å². The van der Waals surface area contributed by atoms with Crippen LogP contribution in [0.25, 0.3) is 10.9 Å². The summed E-state index contributed by atoms with van der Waals surface area (Å²) in [6.07, 6.45) is 1.62. The molecular weight excluding hydrogens is 226 g/mol. The maximum absolute atomic E-state index is 6.11. The zero-order valence-corrected chi connectivity index (χ0v) is 9.44. The molecule has 2 unspecified atom stereocenters. The molecule has 3 rings (SSSR count). The Balaban J connectivity index is 2.06. The van der Waals surface area contributed by atoms with Crippen molar-refractivity contribution in [3.05, 3.63) is 41.0 Å². The molecule has 0 aliphatic carbocycles. The van der Waals surface area contributed by atoms with Crippen LogP contribution in [0.2, 0.25) is 5.02 Å². The van der Waals surface area contributed by atoms with Gasteiger partial charge in [0.25, 0.3) is 0 Å². The molecule has 2 aromatic rings. The van der Waals surface area contributed by atoms with Gasteiger partial charge in [0.2, 0.25) is 0 Å². The van der Waals surface area contributed by atoms with E-state index in [2.05, 4.69) is 4.98 Å². The van der Waals surface area contributed by atoms with Gasteiger partial charge in [0.15, 0.2) is 6.29 Å². The minimum Gasteiger partial charge on any atom is -0.353 e. The SMILES string of the molecule is COC1OC1c1ccc2nccc(Cl)c2c1. The quantitative estimate of drug-likeness (QED) is 0.751. The third-order valence-corrected chi connectivity index (χ3v) is 3.05. The summed E-state index contributed by atoms with van der Waals surface area (Å²) in [6, 6.07) is 7.74. The largest absolute Gasteiger partial charge is 0.353 e. The van der Waals surface area contributed by atoms with E-state index in [-0.39, 0.29) is 12.4 Å². The summed E-state index contributed by atoms with van der Waals surface area (Å²) >= 11 is 6.11. The standard InChI is InChI=1S/C12H10ClNO2/c1-15-12-11(16-12)7-2-3-10-8(6-7)9(13)4-5-14-10/h2-6,11-12H,1H3. The van der Waals surface area contributed by atoms with Gasteiger partial charge in [-0.05, 0) is 23.8 Å². The Morgan fingerprint density at radius 1 is 1.38 bits per heavy atom. The highest BCUT2D eigenvalue weighted by Gasteiger charge is 2.40. The number of halogens is 1. The van der Waals surface area contributed by atoms with Crippen molar-refractivity contribution >= 4 is 22.5 Å². The molecule has 1 aromatic heterocycles.